The molecule has 0 aromatic carbocycles. The molecule has 3 N–H and O–H groups in total. The van der Waals surface area contributed by atoms with Crippen LogP contribution in [0.3, 0.4) is 0 Å². The number of hydrogen-bond acceptors (Lipinski definition) is 3. The van der Waals surface area contributed by atoms with E-state index < -0.39 is 0 Å². The summed E-state index contributed by atoms with van der Waals surface area (Å²) in [4.78, 5) is 0. The maximum atomic E-state index is 5.92. The number of rotatable bonds is 5. The van der Waals surface area contributed by atoms with Gasteiger partial charge >= 0.3 is 0 Å². The van der Waals surface area contributed by atoms with E-state index in [0.29, 0.717) is 5.41 Å². The van der Waals surface area contributed by atoms with Gasteiger partial charge in [-0.15, -0.1) is 0 Å². The largest absolute Gasteiger partial charge is 0.377 e. The molecule has 0 radical (unpaired) electrons. The summed E-state index contributed by atoms with van der Waals surface area (Å²) in [7, 11) is 1.85. The monoisotopic (exact) mass is 256 g/mol. The highest BCUT2D eigenvalue weighted by atomic mass is 16.5. The fraction of sp³-hybridized carbons (Fsp3) is 1.00. The molecule has 0 bridgehead atoms. The van der Waals surface area contributed by atoms with E-state index in [1.807, 2.05) is 7.11 Å². The topological polar surface area (TPSA) is 47.3 Å². The fourth-order valence-electron chi connectivity index (χ4n) is 3.26. The van der Waals surface area contributed by atoms with Crippen LogP contribution in [-0.4, -0.2) is 18.8 Å². The number of nitrogens with one attached hydrogen (secondary N) is 1. The molecule has 0 aromatic rings. The van der Waals surface area contributed by atoms with Crippen molar-refractivity contribution < 1.29 is 4.74 Å². The van der Waals surface area contributed by atoms with Crippen LogP contribution in [0.15, 0.2) is 0 Å². The molecule has 0 heterocycles. The van der Waals surface area contributed by atoms with Crippen molar-refractivity contribution >= 4 is 0 Å². The Hall–Kier alpha value is -0.120. The lowest BCUT2D eigenvalue weighted by Crippen LogP contribution is -2.56. The highest BCUT2D eigenvalue weighted by molar-refractivity contribution is 4.96. The normalized spacial score (nSPS) is 31.3. The van der Waals surface area contributed by atoms with Crippen molar-refractivity contribution in [1.82, 2.24) is 5.43 Å². The van der Waals surface area contributed by atoms with Crippen molar-refractivity contribution in [2.75, 3.05) is 7.11 Å². The van der Waals surface area contributed by atoms with E-state index in [9.17, 15) is 0 Å². The third kappa shape index (κ3) is 4.22. The van der Waals surface area contributed by atoms with Gasteiger partial charge in [0.15, 0.2) is 0 Å². The van der Waals surface area contributed by atoms with Crippen molar-refractivity contribution in [2.45, 2.75) is 77.9 Å². The maximum Gasteiger partial charge on any atom is 0.0846 e. The van der Waals surface area contributed by atoms with Gasteiger partial charge in [0.1, 0.15) is 0 Å². The smallest absolute Gasteiger partial charge is 0.0846 e. The predicted molar refractivity (Wildman–Crippen MR) is 77.2 cm³/mol. The Morgan fingerprint density at radius 1 is 1.44 bits per heavy atom. The lowest BCUT2D eigenvalue weighted by molar-refractivity contribution is -0.0825. The minimum absolute atomic E-state index is 0.0579. The molecule has 1 rings (SSSR count). The zero-order valence-electron chi connectivity index (χ0n) is 12.9. The molecule has 0 aliphatic heterocycles. The van der Waals surface area contributed by atoms with E-state index in [1.165, 1.54) is 19.3 Å². The summed E-state index contributed by atoms with van der Waals surface area (Å²) >= 11 is 0. The van der Waals surface area contributed by atoms with Crippen molar-refractivity contribution in [3.8, 4) is 0 Å². The van der Waals surface area contributed by atoms with Crippen molar-refractivity contribution in [3.05, 3.63) is 0 Å². The van der Waals surface area contributed by atoms with E-state index in [4.69, 9.17) is 10.6 Å². The first-order valence-electron chi connectivity index (χ1n) is 7.34. The number of nitrogens with two attached hydrogens (primary N) is 1. The van der Waals surface area contributed by atoms with E-state index in [2.05, 4.69) is 33.1 Å². The Bertz CT molecular complexity index is 249. The summed E-state index contributed by atoms with van der Waals surface area (Å²) < 4.78 is 5.92. The van der Waals surface area contributed by atoms with Gasteiger partial charge in [-0.3, -0.25) is 11.3 Å². The molecule has 0 saturated heterocycles. The maximum absolute atomic E-state index is 5.92. The minimum atomic E-state index is -0.0579. The van der Waals surface area contributed by atoms with Crippen LogP contribution in [0.5, 0.6) is 0 Å². The Kier molecular flexibility index (Phi) is 5.63. The van der Waals surface area contributed by atoms with Crippen LogP contribution in [-0.2, 0) is 4.74 Å². The van der Waals surface area contributed by atoms with Crippen molar-refractivity contribution in [1.29, 1.82) is 0 Å². The Morgan fingerprint density at radius 3 is 2.56 bits per heavy atom. The fourth-order valence-corrected chi connectivity index (χ4v) is 3.26. The van der Waals surface area contributed by atoms with E-state index in [0.717, 1.165) is 25.2 Å². The third-order valence-electron chi connectivity index (χ3n) is 4.42. The van der Waals surface area contributed by atoms with Gasteiger partial charge in [-0.1, -0.05) is 40.5 Å². The summed E-state index contributed by atoms with van der Waals surface area (Å²) in [5.74, 6) is 6.55. The predicted octanol–water partition coefficient (Wildman–Crippen LogP) is 3.24. The zero-order chi connectivity index (χ0) is 13.8. The second-order valence-corrected chi connectivity index (χ2v) is 7.29. The van der Waals surface area contributed by atoms with Gasteiger partial charge in [0.05, 0.1) is 11.6 Å². The molecule has 3 atom stereocenters. The first-order chi connectivity index (χ1) is 8.33. The van der Waals surface area contributed by atoms with Gasteiger partial charge in [0.25, 0.3) is 0 Å². The molecular weight excluding hydrogens is 224 g/mol. The van der Waals surface area contributed by atoms with E-state index in [1.54, 1.807) is 0 Å². The molecule has 1 aliphatic rings. The van der Waals surface area contributed by atoms with Gasteiger partial charge in [0.2, 0.25) is 0 Å². The van der Waals surface area contributed by atoms with Gasteiger partial charge in [-0.05, 0) is 37.0 Å². The van der Waals surface area contributed by atoms with Gasteiger partial charge < -0.3 is 4.74 Å². The number of hydrazine groups is 1. The minimum Gasteiger partial charge on any atom is -0.377 e. The van der Waals surface area contributed by atoms with Crippen LogP contribution >= 0.6 is 0 Å². The molecule has 3 unspecified atom stereocenters. The summed E-state index contributed by atoms with van der Waals surface area (Å²) in [6.07, 6.45) is 7.08. The Morgan fingerprint density at radius 2 is 2.11 bits per heavy atom. The van der Waals surface area contributed by atoms with Crippen molar-refractivity contribution in [2.24, 2.45) is 17.2 Å². The number of hydrogen-bond donors (Lipinski definition) is 2. The standard InChI is InChI=1S/C15H32N2O/c1-12-7-6-9-15(11-12,18-5)13(17-16)8-10-14(2,3)4/h12-13,17H,6-11,16H2,1-5H3. The highest BCUT2D eigenvalue weighted by Crippen LogP contribution is 2.39. The molecule has 1 aliphatic carbocycles. The zero-order valence-corrected chi connectivity index (χ0v) is 12.9. The van der Waals surface area contributed by atoms with Crippen LogP contribution < -0.4 is 11.3 Å². The average molecular weight is 256 g/mol. The molecule has 3 heteroatoms. The molecular formula is C15H32N2O. The lowest BCUT2D eigenvalue weighted by atomic mass is 9.72. The molecule has 1 fully saturated rings. The highest BCUT2D eigenvalue weighted by Gasteiger charge is 2.41. The van der Waals surface area contributed by atoms with E-state index in [-0.39, 0.29) is 11.6 Å². The van der Waals surface area contributed by atoms with Crippen LogP contribution in [0.25, 0.3) is 0 Å². The SMILES string of the molecule is COC1(C(CCC(C)(C)C)NN)CCCC(C)C1. The molecule has 3 nitrogen and oxygen atoms in total. The lowest BCUT2D eigenvalue weighted by Gasteiger charge is -2.45. The summed E-state index contributed by atoms with van der Waals surface area (Å²) in [5, 5.41) is 0. The van der Waals surface area contributed by atoms with Gasteiger partial charge in [0, 0.05) is 7.11 Å². The van der Waals surface area contributed by atoms with Crippen LogP contribution in [0.4, 0.5) is 0 Å². The average Bonchev–Trinajstić information content (AvgIpc) is 2.28. The molecule has 0 amide bonds. The molecule has 0 spiro atoms. The van der Waals surface area contributed by atoms with Crippen LogP contribution in [0, 0.1) is 11.3 Å². The first-order valence-corrected chi connectivity index (χ1v) is 7.34. The van der Waals surface area contributed by atoms with Gasteiger partial charge in [-0.25, -0.2) is 0 Å². The third-order valence-corrected chi connectivity index (χ3v) is 4.42. The number of methoxy groups -OCH3 is 1. The molecule has 0 aromatic heterocycles. The summed E-state index contributed by atoms with van der Waals surface area (Å²) in [6, 6.07) is 0.268. The second kappa shape index (κ2) is 6.36. The number of ether oxygens (including phenoxy) is 1. The summed E-state index contributed by atoms with van der Waals surface area (Å²) in [5.41, 5.74) is 3.33. The quantitative estimate of drug-likeness (QED) is 0.586. The van der Waals surface area contributed by atoms with Crippen LogP contribution in [0.1, 0.15) is 66.2 Å². The first kappa shape index (κ1) is 15.9. The molecule has 18 heavy (non-hydrogen) atoms. The van der Waals surface area contributed by atoms with Gasteiger partial charge in [-0.2, -0.15) is 0 Å². The Balaban J connectivity index is 2.70. The molecule has 108 valence electrons. The summed E-state index contributed by atoms with van der Waals surface area (Å²) in [6.45, 7) is 9.17. The van der Waals surface area contributed by atoms with Crippen LogP contribution in [0.2, 0.25) is 0 Å². The van der Waals surface area contributed by atoms with Crippen molar-refractivity contribution in [3.63, 3.8) is 0 Å². The van der Waals surface area contributed by atoms with E-state index >= 15 is 0 Å². The molecule has 1 saturated carbocycles. The second-order valence-electron chi connectivity index (χ2n) is 7.29. The Labute approximate surface area is 113 Å².